The first kappa shape index (κ1) is 25.7. The zero-order valence-corrected chi connectivity index (χ0v) is 19.0. The van der Waals surface area contributed by atoms with E-state index in [0.717, 1.165) is 6.07 Å². The minimum atomic E-state index is -3.86. The highest BCUT2D eigenvalue weighted by molar-refractivity contribution is 7.89. The predicted molar refractivity (Wildman–Crippen MR) is 118 cm³/mol. The van der Waals surface area contributed by atoms with Gasteiger partial charge in [-0.15, -0.1) is 0 Å². The summed E-state index contributed by atoms with van der Waals surface area (Å²) in [5.41, 5.74) is 6.14. The van der Waals surface area contributed by atoms with E-state index in [1.165, 1.54) is 24.3 Å². The van der Waals surface area contributed by atoms with Crippen LogP contribution >= 0.6 is 0 Å². The molecule has 12 heteroatoms. The van der Waals surface area contributed by atoms with Crippen molar-refractivity contribution in [2.45, 2.75) is 30.2 Å². The SMILES string of the molecule is N[C@@H](CC(=O)N1CCCN(C(=O)c2ccc(S(N)(=O)=O)cc2)CC1)Cc1cc(F)c(F)cc1F. The molecule has 8 nitrogen and oxygen atoms in total. The van der Waals surface area contributed by atoms with Crippen molar-refractivity contribution in [3.63, 3.8) is 0 Å². The van der Waals surface area contributed by atoms with E-state index in [1.807, 2.05) is 0 Å². The molecule has 0 unspecified atom stereocenters. The summed E-state index contributed by atoms with van der Waals surface area (Å²) < 4.78 is 63.1. The number of carbonyl (C=O) groups is 2. The lowest BCUT2D eigenvalue weighted by molar-refractivity contribution is -0.131. The molecule has 34 heavy (non-hydrogen) atoms. The smallest absolute Gasteiger partial charge is 0.253 e. The Labute approximate surface area is 195 Å². The molecule has 0 bridgehead atoms. The summed E-state index contributed by atoms with van der Waals surface area (Å²) in [5.74, 6) is -4.01. The zero-order valence-electron chi connectivity index (χ0n) is 18.2. The van der Waals surface area contributed by atoms with Crippen LogP contribution in [0.5, 0.6) is 0 Å². The van der Waals surface area contributed by atoms with Gasteiger partial charge in [-0.3, -0.25) is 9.59 Å². The van der Waals surface area contributed by atoms with Gasteiger partial charge in [-0.2, -0.15) is 0 Å². The molecule has 1 aliphatic rings. The van der Waals surface area contributed by atoms with E-state index in [0.29, 0.717) is 31.1 Å². The molecule has 1 heterocycles. The third kappa shape index (κ3) is 6.33. The van der Waals surface area contributed by atoms with Crippen LogP contribution in [0.1, 0.15) is 28.8 Å². The molecule has 4 N–H and O–H groups in total. The number of primary sulfonamides is 1. The van der Waals surface area contributed by atoms with E-state index >= 15 is 0 Å². The van der Waals surface area contributed by atoms with E-state index in [-0.39, 0.29) is 48.2 Å². The van der Waals surface area contributed by atoms with Crippen molar-refractivity contribution in [2.24, 2.45) is 10.9 Å². The van der Waals surface area contributed by atoms with Gasteiger partial charge in [-0.25, -0.2) is 26.7 Å². The van der Waals surface area contributed by atoms with Crippen LogP contribution in [0.3, 0.4) is 0 Å². The number of carbonyl (C=O) groups excluding carboxylic acids is 2. The summed E-state index contributed by atoms with van der Waals surface area (Å²) in [6, 6.07) is 5.66. The fraction of sp³-hybridized carbons (Fsp3) is 0.364. The molecule has 1 fully saturated rings. The predicted octanol–water partition coefficient (Wildman–Crippen LogP) is 1.39. The molecular weight excluding hydrogens is 473 g/mol. The fourth-order valence-corrected chi connectivity index (χ4v) is 4.28. The Morgan fingerprint density at radius 3 is 2.15 bits per heavy atom. The van der Waals surface area contributed by atoms with Crippen molar-refractivity contribution < 1.29 is 31.2 Å². The molecule has 0 aromatic heterocycles. The van der Waals surface area contributed by atoms with E-state index in [1.54, 1.807) is 9.80 Å². The largest absolute Gasteiger partial charge is 0.341 e. The number of nitrogens with zero attached hydrogens (tertiary/aromatic N) is 2. The average molecular weight is 499 g/mol. The Kier molecular flexibility index (Phi) is 7.95. The number of hydrogen-bond donors (Lipinski definition) is 2. The molecular formula is C22H25F3N4O4S. The van der Waals surface area contributed by atoms with E-state index in [2.05, 4.69) is 0 Å². The number of sulfonamides is 1. The summed E-state index contributed by atoms with van der Waals surface area (Å²) in [6.45, 7) is 1.30. The Bertz CT molecular complexity index is 1180. The number of amides is 2. The van der Waals surface area contributed by atoms with Crippen LogP contribution in [-0.4, -0.2) is 62.3 Å². The fourth-order valence-electron chi connectivity index (χ4n) is 3.77. The van der Waals surface area contributed by atoms with E-state index in [9.17, 15) is 31.2 Å². The molecule has 0 aliphatic carbocycles. The first-order chi connectivity index (χ1) is 16.0. The van der Waals surface area contributed by atoms with Crippen LogP contribution in [0.15, 0.2) is 41.3 Å². The van der Waals surface area contributed by atoms with Crippen molar-refractivity contribution in [1.82, 2.24) is 9.80 Å². The van der Waals surface area contributed by atoms with Crippen molar-refractivity contribution in [3.8, 4) is 0 Å². The lowest BCUT2D eigenvalue weighted by Crippen LogP contribution is -2.40. The maximum atomic E-state index is 13.8. The quantitative estimate of drug-likeness (QED) is 0.582. The van der Waals surface area contributed by atoms with Crippen molar-refractivity contribution >= 4 is 21.8 Å². The van der Waals surface area contributed by atoms with Gasteiger partial charge >= 0.3 is 0 Å². The van der Waals surface area contributed by atoms with Crippen LogP contribution in [0.4, 0.5) is 13.2 Å². The second-order valence-corrected chi connectivity index (χ2v) is 9.68. The maximum Gasteiger partial charge on any atom is 0.253 e. The van der Waals surface area contributed by atoms with Crippen molar-refractivity contribution in [1.29, 1.82) is 0 Å². The van der Waals surface area contributed by atoms with Gasteiger partial charge < -0.3 is 15.5 Å². The Hall–Kier alpha value is -2.96. The molecule has 1 saturated heterocycles. The molecule has 1 aliphatic heterocycles. The lowest BCUT2D eigenvalue weighted by atomic mass is 10.0. The number of rotatable bonds is 6. The number of halogens is 3. The minimum Gasteiger partial charge on any atom is -0.341 e. The molecule has 184 valence electrons. The van der Waals surface area contributed by atoms with E-state index < -0.39 is 33.5 Å². The third-order valence-electron chi connectivity index (χ3n) is 5.57. The highest BCUT2D eigenvalue weighted by Gasteiger charge is 2.25. The van der Waals surface area contributed by atoms with Crippen LogP contribution < -0.4 is 10.9 Å². The molecule has 0 saturated carbocycles. The van der Waals surface area contributed by atoms with Gasteiger partial charge in [-0.05, 0) is 48.7 Å². The van der Waals surface area contributed by atoms with Crippen LogP contribution in [-0.2, 0) is 21.2 Å². The number of hydrogen-bond acceptors (Lipinski definition) is 5. The second kappa shape index (κ2) is 10.5. The molecule has 0 spiro atoms. The summed E-state index contributed by atoms with van der Waals surface area (Å²) in [5, 5.41) is 5.07. The van der Waals surface area contributed by atoms with Gasteiger partial charge in [0.05, 0.1) is 4.90 Å². The monoisotopic (exact) mass is 498 g/mol. The number of nitrogens with two attached hydrogens (primary N) is 2. The molecule has 3 rings (SSSR count). The first-order valence-corrected chi connectivity index (χ1v) is 12.1. The number of benzene rings is 2. The minimum absolute atomic E-state index is 0.101. The molecule has 2 aromatic carbocycles. The van der Waals surface area contributed by atoms with Gasteiger partial charge in [0.1, 0.15) is 5.82 Å². The summed E-state index contributed by atoms with van der Waals surface area (Å²) in [7, 11) is -3.86. The first-order valence-electron chi connectivity index (χ1n) is 10.5. The van der Waals surface area contributed by atoms with Gasteiger partial charge in [0.25, 0.3) is 5.91 Å². The van der Waals surface area contributed by atoms with E-state index in [4.69, 9.17) is 10.9 Å². The molecule has 0 radical (unpaired) electrons. The standard InChI is InChI=1S/C22H25F3N4O4S/c23-18-13-20(25)19(24)11-15(18)10-16(26)12-21(30)28-6-1-7-29(9-8-28)22(31)14-2-4-17(5-3-14)34(27,32)33/h2-5,11,13,16H,1,6-10,12,26H2,(H2,27,32,33)/t16-/m1/s1. The highest BCUT2D eigenvalue weighted by atomic mass is 32.2. The molecule has 2 amide bonds. The van der Waals surface area contributed by atoms with Gasteiger partial charge in [0, 0.05) is 50.3 Å². The molecule has 1 atom stereocenters. The third-order valence-corrected chi connectivity index (χ3v) is 6.50. The lowest BCUT2D eigenvalue weighted by Gasteiger charge is -2.23. The summed E-state index contributed by atoms with van der Waals surface area (Å²) in [4.78, 5) is 28.5. The van der Waals surface area contributed by atoms with Gasteiger partial charge in [-0.1, -0.05) is 0 Å². The molecule has 2 aromatic rings. The maximum absolute atomic E-state index is 13.8. The Morgan fingerprint density at radius 2 is 1.50 bits per heavy atom. The van der Waals surface area contributed by atoms with Crippen molar-refractivity contribution in [2.75, 3.05) is 26.2 Å². The second-order valence-electron chi connectivity index (χ2n) is 8.12. The normalized spacial score (nSPS) is 15.7. The Balaban J connectivity index is 1.56. The van der Waals surface area contributed by atoms with Crippen LogP contribution in [0.2, 0.25) is 0 Å². The Morgan fingerprint density at radius 1 is 0.912 bits per heavy atom. The summed E-state index contributed by atoms with van der Waals surface area (Å²) >= 11 is 0. The van der Waals surface area contributed by atoms with Crippen LogP contribution in [0, 0.1) is 17.5 Å². The van der Waals surface area contributed by atoms with Crippen molar-refractivity contribution in [3.05, 3.63) is 65.0 Å². The zero-order chi connectivity index (χ0) is 25.0. The highest BCUT2D eigenvalue weighted by Crippen LogP contribution is 2.17. The van der Waals surface area contributed by atoms with Gasteiger partial charge in [0.2, 0.25) is 15.9 Å². The average Bonchev–Trinajstić information content (AvgIpc) is 3.03. The topological polar surface area (TPSA) is 127 Å². The summed E-state index contributed by atoms with van der Waals surface area (Å²) in [6.07, 6.45) is 0.253. The van der Waals surface area contributed by atoms with Gasteiger partial charge in [0.15, 0.2) is 11.6 Å². The van der Waals surface area contributed by atoms with Crippen LogP contribution in [0.25, 0.3) is 0 Å².